The Morgan fingerprint density at radius 2 is 2.00 bits per heavy atom. The van der Waals surface area contributed by atoms with E-state index in [1.54, 1.807) is 0 Å². The summed E-state index contributed by atoms with van der Waals surface area (Å²) in [6.07, 6.45) is 0.931. The molecule has 1 aromatic rings. The fraction of sp³-hybridized carbons (Fsp3) is 0. The van der Waals surface area contributed by atoms with E-state index in [0.29, 0.717) is 0 Å². The summed E-state index contributed by atoms with van der Waals surface area (Å²) in [5.74, 6) is -2.01. The third kappa shape index (κ3) is 1.18. The highest BCUT2D eigenvalue weighted by molar-refractivity contribution is 6.02. The number of amides is 2. The zero-order valence-electron chi connectivity index (χ0n) is 5.40. The van der Waals surface area contributed by atoms with Crippen LogP contribution in [-0.2, 0) is 0 Å². The zero-order chi connectivity index (χ0) is 8.43. The summed E-state index contributed by atoms with van der Waals surface area (Å²) in [6, 6.07) is 0. The third-order valence-electron chi connectivity index (χ3n) is 1.02. The van der Waals surface area contributed by atoms with Crippen LogP contribution in [0.2, 0.25) is 0 Å². The molecule has 0 radical (unpaired) electrons. The minimum Gasteiger partial charge on any atom is -0.437 e. The fourth-order valence-electron chi connectivity index (χ4n) is 0.596. The van der Waals surface area contributed by atoms with Crippen molar-refractivity contribution >= 4 is 11.8 Å². The molecule has 0 aromatic carbocycles. The van der Waals surface area contributed by atoms with Crippen molar-refractivity contribution in [2.75, 3.05) is 0 Å². The third-order valence-corrected chi connectivity index (χ3v) is 1.02. The van der Waals surface area contributed by atoms with Crippen molar-refractivity contribution in [3.05, 3.63) is 17.8 Å². The Morgan fingerprint density at radius 1 is 1.36 bits per heavy atom. The monoisotopic (exact) mass is 155 g/mol. The summed E-state index contributed by atoms with van der Waals surface area (Å²) in [5, 5.41) is 0. The number of hydrogen-bond acceptors (Lipinski definition) is 4. The van der Waals surface area contributed by atoms with Crippen molar-refractivity contribution < 1.29 is 14.0 Å². The maximum Gasteiger partial charge on any atom is 0.287 e. The molecule has 0 fully saturated rings. The van der Waals surface area contributed by atoms with Gasteiger partial charge in [0.1, 0.15) is 0 Å². The maximum absolute atomic E-state index is 10.5. The van der Waals surface area contributed by atoms with Crippen molar-refractivity contribution in [1.29, 1.82) is 0 Å². The molecule has 0 spiro atoms. The lowest BCUT2D eigenvalue weighted by Gasteiger charge is -1.88. The second-order valence-corrected chi connectivity index (χ2v) is 1.76. The SMILES string of the molecule is NC(=O)c1ncoc1C(N)=O. The molecule has 0 aliphatic rings. The first-order valence-electron chi connectivity index (χ1n) is 2.66. The van der Waals surface area contributed by atoms with Crippen LogP contribution in [0.1, 0.15) is 21.0 Å². The molecule has 6 nitrogen and oxygen atoms in total. The average molecular weight is 155 g/mol. The Hall–Kier alpha value is -1.85. The van der Waals surface area contributed by atoms with Gasteiger partial charge in [-0.15, -0.1) is 0 Å². The Kier molecular flexibility index (Phi) is 1.59. The molecular formula is C5H5N3O3. The summed E-state index contributed by atoms with van der Waals surface area (Å²) in [5.41, 5.74) is 9.41. The van der Waals surface area contributed by atoms with Gasteiger partial charge in [-0.25, -0.2) is 4.98 Å². The van der Waals surface area contributed by atoms with E-state index in [1.807, 2.05) is 0 Å². The van der Waals surface area contributed by atoms with Gasteiger partial charge < -0.3 is 15.9 Å². The van der Waals surface area contributed by atoms with E-state index in [0.717, 1.165) is 6.39 Å². The van der Waals surface area contributed by atoms with E-state index in [-0.39, 0.29) is 11.5 Å². The number of oxazole rings is 1. The number of aromatic nitrogens is 1. The first-order valence-corrected chi connectivity index (χ1v) is 2.66. The van der Waals surface area contributed by atoms with E-state index in [1.165, 1.54) is 0 Å². The van der Waals surface area contributed by atoms with Gasteiger partial charge >= 0.3 is 0 Å². The van der Waals surface area contributed by atoms with Crippen LogP contribution in [-0.4, -0.2) is 16.8 Å². The van der Waals surface area contributed by atoms with Crippen molar-refractivity contribution in [1.82, 2.24) is 4.98 Å². The summed E-state index contributed by atoms with van der Waals surface area (Å²) < 4.78 is 4.50. The lowest BCUT2D eigenvalue weighted by molar-refractivity contribution is 0.0946. The van der Waals surface area contributed by atoms with Gasteiger partial charge in [0.2, 0.25) is 5.76 Å². The number of carbonyl (C=O) groups excluding carboxylic acids is 2. The van der Waals surface area contributed by atoms with Gasteiger partial charge in [0.15, 0.2) is 12.1 Å². The lowest BCUT2D eigenvalue weighted by atomic mass is 10.3. The second-order valence-electron chi connectivity index (χ2n) is 1.76. The maximum atomic E-state index is 10.5. The molecule has 4 N–H and O–H groups in total. The van der Waals surface area contributed by atoms with Crippen LogP contribution in [0.15, 0.2) is 10.8 Å². The van der Waals surface area contributed by atoms with Crippen LogP contribution in [0.3, 0.4) is 0 Å². The molecule has 1 aromatic heterocycles. The van der Waals surface area contributed by atoms with E-state index in [9.17, 15) is 9.59 Å². The van der Waals surface area contributed by atoms with Crippen LogP contribution >= 0.6 is 0 Å². The molecule has 0 bridgehead atoms. The van der Waals surface area contributed by atoms with E-state index < -0.39 is 11.8 Å². The Morgan fingerprint density at radius 3 is 2.36 bits per heavy atom. The van der Waals surface area contributed by atoms with E-state index >= 15 is 0 Å². The van der Waals surface area contributed by atoms with Crippen LogP contribution in [0.25, 0.3) is 0 Å². The van der Waals surface area contributed by atoms with Crippen LogP contribution in [0, 0.1) is 0 Å². The molecule has 0 aliphatic heterocycles. The predicted octanol–water partition coefficient (Wildman–Crippen LogP) is -1.13. The molecular weight excluding hydrogens is 150 g/mol. The normalized spacial score (nSPS) is 9.45. The summed E-state index contributed by atoms with van der Waals surface area (Å²) >= 11 is 0. The van der Waals surface area contributed by atoms with E-state index in [4.69, 9.17) is 11.5 Å². The number of rotatable bonds is 2. The summed E-state index contributed by atoms with van der Waals surface area (Å²) in [4.78, 5) is 24.3. The average Bonchev–Trinajstić information content (AvgIpc) is 2.32. The van der Waals surface area contributed by atoms with Crippen LogP contribution in [0.5, 0.6) is 0 Å². The molecule has 11 heavy (non-hydrogen) atoms. The topological polar surface area (TPSA) is 112 Å². The van der Waals surface area contributed by atoms with Crippen molar-refractivity contribution in [2.24, 2.45) is 11.5 Å². The summed E-state index contributed by atoms with van der Waals surface area (Å²) in [6.45, 7) is 0. The molecule has 1 rings (SSSR count). The van der Waals surface area contributed by atoms with Crippen molar-refractivity contribution in [3.8, 4) is 0 Å². The molecule has 0 aliphatic carbocycles. The van der Waals surface area contributed by atoms with E-state index in [2.05, 4.69) is 9.40 Å². The van der Waals surface area contributed by atoms with Gasteiger partial charge in [0.25, 0.3) is 11.8 Å². The number of carbonyl (C=O) groups is 2. The number of nitrogens with two attached hydrogens (primary N) is 2. The Labute approximate surface area is 61.2 Å². The summed E-state index contributed by atoms with van der Waals surface area (Å²) in [7, 11) is 0. The smallest absolute Gasteiger partial charge is 0.287 e. The lowest BCUT2D eigenvalue weighted by Crippen LogP contribution is -2.19. The van der Waals surface area contributed by atoms with Crippen LogP contribution in [0.4, 0.5) is 0 Å². The van der Waals surface area contributed by atoms with Gasteiger partial charge in [-0.1, -0.05) is 0 Å². The highest BCUT2D eigenvalue weighted by atomic mass is 16.3. The van der Waals surface area contributed by atoms with Crippen molar-refractivity contribution in [3.63, 3.8) is 0 Å². The molecule has 2 amide bonds. The number of hydrogen-bond donors (Lipinski definition) is 2. The molecule has 0 atom stereocenters. The highest BCUT2D eigenvalue weighted by Gasteiger charge is 2.17. The minimum atomic E-state index is -0.865. The van der Waals surface area contributed by atoms with Crippen LogP contribution < -0.4 is 11.5 Å². The van der Waals surface area contributed by atoms with Crippen molar-refractivity contribution in [2.45, 2.75) is 0 Å². The minimum absolute atomic E-state index is 0.238. The molecule has 58 valence electrons. The quantitative estimate of drug-likeness (QED) is 0.562. The molecule has 6 heteroatoms. The first-order chi connectivity index (χ1) is 5.13. The molecule has 0 saturated carbocycles. The predicted molar refractivity (Wildman–Crippen MR) is 33.5 cm³/mol. The molecule has 0 saturated heterocycles. The number of primary amides is 2. The van der Waals surface area contributed by atoms with Gasteiger partial charge in [0, 0.05) is 0 Å². The highest BCUT2D eigenvalue weighted by Crippen LogP contribution is 2.03. The number of nitrogens with zero attached hydrogens (tertiary/aromatic N) is 1. The molecule has 1 heterocycles. The molecule has 0 unspecified atom stereocenters. The van der Waals surface area contributed by atoms with Gasteiger partial charge in [-0.2, -0.15) is 0 Å². The van der Waals surface area contributed by atoms with Gasteiger partial charge in [-0.05, 0) is 0 Å². The van der Waals surface area contributed by atoms with Gasteiger partial charge in [-0.3, -0.25) is 9.59 Å². The Bertz CT molecular complexity index is 275. The largest absolute Gasteiger partial charge is 0.437 e. The first kappa shape index (κ1) is 7.26. The Balaban J connectivity index is 3.16. The second kappa shape index (κ2) is 2.41. The fourth-order valence-corrected chi connectivity index (χ4v) is 0.596. The van der Waals surface area contributed by atoms with Gasteiger partial charge in [0.05, 0.1) is 0 Å². The standard InChI is InChI=1S/C5H5N3O3/c6-4(9)2-3(5(7)10)11-1-8-2/h1H,(H2,6,9)(H2,7,10). The zero-order valence-corrected chi connectivity index (χ0v) is 5.40.